The third kappa shape index (κ3) is 3.72. The summed E-state index contributed by atoms with van der Waals surface area (Å²) in [6, 6.07) is 24.1. The summed E-state index contributed by atoms with van der Waals surface area (Å²) in [6.07, 6.45) is 0. The largest absolute Gasteiger partial charge is 0.489 e. The quantitative estimate of drug-likeness (QED) is 0.586. The van der Waals surface area contributed by atoms with Gasteiger partial charge >= 0.3 is 0 Å². The maximum Gasteiger partial charge on any atom is 0.160 e. The Labute approximate surface area is 142 Å². The molecule has 0 saturated heterocycles. The molecule has 24 heavy (non-hydrogen) atoms. The molecule has 0 aliphatic carbocycles. The maximum absolute atomic E-state index is 11.6. The number of Topliss-reactive ketones (excluding diaryl/α,β-unsaturated/α-hetero) is 1. The van der Waals surface area contributed by atoms with Gasteiger partial charge in [-0.15, -0.1) is 0 Å². The predicted octanol–water partition coefficient (Wildman–Crippen LogP) is 5.44. The Balaban J connectivity index is 1.80. The third-order valence-electron chi connectivity index (χ3n) is 4.02. The van der Waals surface area contributed by atoms with E-state index >= 15 is 0 Å². The molecule has 0 aliphatic heterocycles. The Morgan fingerprint density at radius 1 is 0.875 bits per heavy atom. The van der Waals surface area contributed by atoms with Gasteiger partial charge in [0.05, 0.1) is 0 Å². The van der Waals surface area contributed by atoms with Crippen molar-refractivity contribution < 1.29 is 9.53 Å². The lowest BCUT2D eigenvalue weighted by Gasteiger charge is -2.10. The van der Waals surface area contributed by atoms with Crippen LogP contribution in [0.25, 0.3) is 11.1 Å². The van der Waals surface area contributed by atoms with Crippen molar-refractivity contribution in [1.29, 1.82) is 0 Å². The normalized spacial score (nSPS) is 10.4. The second-order valence-electron chi connectivity index (χ2n) is 5.89. The van der Waals surface area contributed by atoms with Gasteiger partial charge in [-0.3, -0.25) is 4.79 Å². The lowest BCUT2D eigenvalue weighted by molar-refractivity contribution is 0.101. The van der Waals surface area contributed by atoms with E-state index in [9.17, 15) is 4.79 Å². The Kier molecular flexibility index (Phi) is 4.76. The molecule has 0 atom stereocenters. The minimum atomic E-state index is 0.0963. The summed E-state index contributed by atoms with van der Waals surface area (Å²) < 4.78 is 5.89. The SMILES string of the molecule is CC(=O)c1ccc(-c2cccc(OCc3ccccc3)c2)cc1C. The molecule has 0 radical (unpaired) electrons. The highest BCUT2D eigenvalue weighted by molar-refractivity contribution is 5.96. The van der Waals surface area contributed by atoms with E-state index in [2.05, 4.69) is 6.07 Å². The van der Waals surface area contributed by atoms with Crippen LogP contribution >= 0.6 is 0 Å². The van der Waals surface area contributed by atoms with Crippen LogP contribution in [-0.2, 0) is 6.61 Å². The van der Waals surface area contributed by atoms with Crippen LogP contribution in [0, 0.1) is 6.92 Å². The standard InChI is InChI=1S/C22H20O2/c1-16-13-20(11-12-22(16)17(2)23)19-9-6-10-21(14-19)24-15-18-7-4-3-5-8-18/h3-14H,15H2,1-2H3. The van der Waals surface area contributed by atoms with Gasteiger partial charge in [-0.1, -0.05) is 60.7 Å². The molecule has 3 rings (SSSR count). The Hall–Kier alpha value is -2.87. The summed E-state index contributed by atoms with van der Waals surface area (Å²) in [5.41, 5.74) is 5.08. The first kappa shape index (κ1) is 16.0. The summed E-state index contributed by atoms with van der Waals surface area (Å²) in [7, 11) is 0. The zero-order valence-electron chi connectivity index (χ0n) is 14.0. The Morgan fingerprint density at radius 3 is 2.33 bits per heavy atom. The number of ether oxygens (including phenoxy) is 1. The van der Waals surface area contributed by atoms with Crippen LogP contribution in [0.5, 0.6) is 5.75 Å². The molecule has 0 aromatic heterocycles. The molecule has 3 aromatic rings. The van der Waals surface area contributed by atoms with Crippen molar-refractivity contribution in [2.24, 2.45) is 0 Å². The highest BCUT2D eigenvalue weighted by Gasteiger charge is 2.06. The van der Waals surface area contributed by atoms with Crippen LogP contribution in [0.2, 0.25) is 0 Å². The first-order chi connectivity index (χ1) is 11.6. The number of carbonyl (C=O) groups is 1. The number of hydrogen-bond donors (Lipinski definition) is 0. The number of benzene rings is 3. The molecule has 0 bridgehead atoms. The first-order valence-electron chi connectivity index (χ1n) is 8.02. The molecule has 120 valence electrons. The van der Waals surface area contributed by atoms with Gasteiger partial charge in [0, 0.05) is 5.56 Å². The molecule has 0 fully saturated rings. The third-order valence-corrected chi connectivity index (χ3v) is 4.02. The molecule has 0 aliphatic rings. The van der Waals surface area contributed by atoms with Crippen LogP contribution in [0.4, 0.5) is 0 Å². The lowest BCUT2D eigenvalue weighted by Crippen LogP contribution is -1.97. The number of hydrogen-bond acceptors (Lipinski definition) is 2. The molecule has 0 saturated carbocycles. The van der Waals surface area contributed by atoms with Gasteiger partial charge in [-0.25, -0.2) is 0 Å². The fourth-order valence-corrected chi connectivity index (χ4v) is 2.74. The van der Waals surface area contributed by atoms with Gasteiger partial charge in [0.15, 0.2) is 5.78 Å². The second-order valence-corrected chi connectivity index (χ2v) is 5.89. The van der Waals surface area contributed by atoms with Gasteiger partial charge in [-0.05, 0) is 48.2 Å². The monoisotopic (exact) mass is 316 g/mol. The zero-order valence-corrected chi connectivity index (χ0v) is 14.0. The van der Waals surface area contributed by atoms with E-state index in [-0.39, 0.29) is 5.78 Å². The minimum Gasteiger partial charge on any atom is -0.489 e. The first-order valence-corrected chi connectivity index (χ1v) is 8.02. The average molecular weight is 316 g/mol. The van der Waals surface area contributed by atoms with E-state index in [0.29, 0.717) is 6.61 Å². The molecule has 0 heterocycles. The lowest BCUT2D eigenvalue weighted by atomic mass is 9.98. The molecule has 0 amide bonds. The van der Waals surface area contributed by atoms with Crippen LogP contribution in [0.3, 0.4) is 0 Å². The second kappa shape index (κ2) is 7.14. The number of aryl methyl sites for hydroxylation is 1. The van der Waals surface area contributed by atoms with Gasteiger partial charge in [0.2, 0.25) is 0 Å². The van der Waals surface area contributed by atoms with Crippen molar-refractivity contribution in [3.8, 4) is 16.9 Å². The summed E-state index contributed by atoms with van der Waals surface area (Å²) >= 11 is 0. The fourth-order valence-electron chi connectivity index (χ4n) is 2.74. The molecule has 2 nitrogen and oxygen atoms in total. The summed E-state index contributed by atoms with van der Waals surface area (Å²) in [6.45, 7) is 4.11. The highest BCUT2D eigenvalue weighted by Crippen LogP contribution is 2.26. The van der Waals surface area contributed by atoms with Crippen LogP contribution in [-0.4, -0.2) is 5.78 Å². The van der Waals surface area contributed by atoms with Crippen LogP contribution < -0.4 is 4.74 Å². The van der Waals surface area contributed by atoms with Crippen molar-refractivity contribution in [3.05, 3.63) is 89.5 Å². The minimum absolute atomic E-state index is 0.0963. The molecule has 0 unspecified atom stereocenters. The van der Waals surface area contributed by atoms with E-state index < -0.39 is 0 Å². The fraction of sp³-hybridized carbons (Fsp3) is 0.136. The van der Waals surface area contributed by atoms with E-state index in [0.717, 1.165) is 33.6 Å². The maximum atomic E-state index is 11.6. The average Bonchev–Trinajstić information content (AvgIpc) is 2.61. The summed E-state index contributed by atoms with van der Waals surface area (Å²) in [5.74, 6) is 0.934. The van der Waals surface area contributed by atoms with Gasteiger partial charge < -0.3 is 4.74 Å². The molecule has 3 aromatic carbocycles. The Bertz CT molecular complexity index is 851. The smallest absolute Gasteiger partial charge is 0.160 e. The van der Waals surface area contributed by atoms with E-state index in [4.69, 9.17) is 4.74 Å². The van der Waals surface area contributed by atoms with Crippen molar-refractivity contribution in [2.45, 2.75) is 20.5 Å². The molecule has 2 heteroatoms. The van der Waals surface area contributed by atoms with E-state index in [1.165, 1.54) is 0 Å². The number of rotatable bonds is 5. The number of ketones is 1. The topological polar surface area (TPSA) is 26.3 Å². The van der Waals surface area contributed by atoms with Crippen molar-refractivity contribution in [1.82, 2.24) is 0 Å². The molecule has 0 N–H and O–H groups in total. The van der Waals surface area contributed by atoms with Gasteiger partial charge in [-0.2, -0.15) is 0 Å². The van der Waals surface area contributed by atoms with Gasteiger partial charge in [0.25, 0.3) is 0 Å². The van der Waals surface area contributed by atoms with Crippen molar-refractivity contribution in [2.75, 3.05) is 0 Å². The van der Waals surface area contributed by atoms with Gasteiger partial charge in [0.1, 0.15) is 12.4 Å². The summed E-state index contributed by atoms with van der Waals surface area (Å²) in [4.78, 5) is 11.6. The van der Waals surface area contributed by atoms with E-state index in [1.54, 1.807) is 6.92 Å². The zero-order chi connectivity index (χ0) is 16.9. The van der Waals surface area contributed by atoms with E-state index in [1.807, 2.05) is 73.7 Å². The molecular formula is C22H20O2. The number of carbonyl (C=O) groups excluding carboxylic acids is 1. The molecule has 0 spiro atoms. The summed E-state index contributed by atoms with van der Waals surface area (Å²) in [5, 5.41) is 0. The highest BCUT2D eigenvalue weighted by atomic mass is 16.5. The van der Waals surface area contributed by atoms with Crippen molar-refractivity contribution in [3.63, 3.8) is 0 Å². The Morgan fingerprint density at radius 2 is 1.62 bits per heavy atom. The van der Waals surface area contributed by atoms with Crippen molar-refractivity contribution >= 4 is 5.78 Å². The molecular weight excluding hydrogens is 296 g/mol. The van der Waals surface area contributed by atoms with Crippen LogP contribution in [0.1, 0.15) is 28.4 Å². The van der Waals surface area contributed by atoms with Crippen LogP contribution in [0.15, 0.2) is 72.8 Å². The predicted molar refractivity (Wildman–Crippen MR) is 97.4 cm³/mol.